The number of H-pyrrole nitrogens is 1. The van der Waals surface area contributed by atoms with Crippen molar-refractivity contribution in [1.29, 1.82) is 0 Å². The first-order chi connectivity index (χ1) is 7.43. The number of benzene rings is 1. The van der Waals surface area contributed by atoms with E-state index in [1.54, 1.807) is 6.20 Å². The molecule has 3 rings (SSSR count). The molecule has 15 heavy (non-hydrogen) atoms. The third kappa shape index (κ3) is 1.38. The van der Waals surface area contributed by atoms with E-state index in [1.165, 1.54) is 0 Å². The molecule has 3 nitrogen and oxygen atoms in total. The zero-order valence-electron chi connectivity index (χ0n) is 7.94. The Kier molecular flexibility index (Phi) is 1.75. The molecule has 0 spiro atoms. The van der Waals surface area contributed by atoms with Crippen molar-refractivity contribution in [3.8, 4) is 11.5 Å². The Balaban J connectivity index is 2.21. The molecule has 0 aliphatic carbocycles. The number of hydrogen-bond acceptors (Lipinski definition) is 2. The first-order valence-electron chi connectivity index (χ1n) is 4.71. The van der Waals surface area contributed by atoms with Gasteiger partial charge in [0.2, 0.25) is 0 Å². The number of nitrogens with one attached hydrogen (secondary N) is 1. The van der Waals surface area contributed by atoms with Crippen molar-refractivity contribution in [3.63, 3.8) is 0 Å². The molecule has 0 bridgehead atoms. The zero-order valence-corrected chi connectivity index (χ0v) is 7.94. The van der Waals surface area contributed by atoms with Crippen molar-refractivity contribution in [2.45, 2.75) is 0 Å². The van der Waals surface area contributed by atoms with Crippen molar-refractivity contribution in [2.24, 2.45) is 0 Å². The molecule has 2 aromatic heterocycles. The highest BCUT2D eigenvalue weighted by Crippen LogP contribution is 2.17. The number of nitrogens with zero attached hydrogens (tertiary/aromatic N) is 2. The van der Waals surface area contributed by atoms with Crippen molar-refractivity contribution >= 4 is 11.0 Å². The van der Waals surface area contributed by atoms with Gasteiger partial charge in [0.1, 0.15) is 5.69 Å². The average Bonchev–Trinajstić information content (AvgIpc) is 2.74. The Morgan fingerprint density at radius 2 is 2.20 bits per heavy atom. The van der Waals surface area contributed by atoms with Gasteiger partial charge in [-0.15, -0.1) is 0 Å². The molecule has 0 aliphatic heterocycles. The Morgan fingerprint density at radius 3 is 3.00 bits per heavy atom. The second kappa shape index (κ2) is 3.20. The molecule has 0 fully saturated rings. The second-order valence-corrected chi connectivity index (χ2v) is 3.24. The summed E-state index contributed by atoms with van der Waals surface area (Å²) in [5.74, 6) is 0.796. The predicted molar refractivity (Wildman–Crippen MR) is 58.2 cm³/mol. The highest BCUT2D eigenvalue weighted by molar-refractivity contribution is 5.78. The summed E-state index contributed by atoms with van der Waals surface area (Å²) in [4.78, 5) is 11.9. The summed E-state index contributed by atoms with van der Waals surface area (Å²) in [5.41, 5.74) is 2.78. The van der Waals surface area contributed by atoms with Crippen LogP contribution in [0.25, 0.3) is 22.6 Å². The molecule has 0 atom stereocenters. The molecule has 3 aromatic rings. The summed E-state index contributed by atoms with van der Waals surface area (Å²) in [5, 5.41) is 0. The van der Waals surface area contributed by atoms with Crippen LogP contribution in [-0.2, 0) is 0 Å². The van der Waals surface area contributed by atoms with Crippen LogP contribution in [0.4, 0.5) is 0 Å². The zero-order chi connectivity index (χ0) is 10.1. The fraction of sp³-hybridized carbons (Fsp3) is 0. The maximum absolute atomic E-state index is 4.43. The lowest BCUT2D eigenvalue weighted by Gasteiger charge is -1.92. The standard InChI is InChI=1S/C12H8N3/c1-2-6-10-9(5-1)14-12(15-10)11-7-3-4-8-13-11/h1,3-8H,(H,14,15). The first kappa shape index (κ1) is 8.17. The van der Waals surface area contributed by atoms with Crippen molar-refractivity contribution in [2.75, 3.05) is 0 Å². The SMILES string of the molecule is [c]1ccc2[nH]c(-c3ccccn3)nc2c1. The van der Waals surface area contributed by atoms with Crippen LogP contribution in [0.15, 0.2) is 42.6 Å². The van der Waals surface area contributed by atoms with Crippen molar-refractivity contribution in [3.05, 3.63) is 48.7 Å². The number of rotatable bonds is 1. The van der Waals surface area contributed by atoms with Crippen LogP contribution in [0.1, 0.15) is 0 Å². The van der Waals surface area contributed by atoms with Gasteiger partial charge >= 0.3 is 0 Å². The number of hydrogen-bond donors (Lipinski definition) is 1. The Morgan fingerprint density at radius 1 is 1.20 bits per heavy atom. The minimum atomic E-state index is 0.796. The van der Waals surface area contributed by atoms with Crippen LogP contribution in [-0.4, -0.2) is 15.0 Å². The quantitative estimate of drug-likeness (QED) is 0.646. The van der Waals surface area contributed by atoms with Crippen LogP contribution >= 0.6 is 0 Å². The maximum Gasteiger partial charge on any atom is 0.157 e. The largest absolute Gasteiger partial charge is 0.337 e. The fourth-order valence-electron chi connectivity index (χ4n) is 1.52. The normalized spacial score (nSPS) is 10.7. The molecule has 1 aromatic carbocycles. The van der Waals surface area contributed by atoms with E-state index in [0.29, 0.717) is 0 Å². The molecular weight excluding hydrogens is 186 g/mol. The summed E-state index contributed by atoms with van der Waals surface area (Å²) in [7, 11) is 0. The maximum atomic E-state index is 4.43. The smallest absolute Gasteiger partial charge is 0.157 e. The monoisotopic (exact) mass is 194 g/mol. The van der Waals surface area contributed by atoms with E-state index in [4.69, 9.17) is 0 Å². The fourth-order valence-corrected chi connectivity index (χ4v) is 1.52. The van der Waals surface area contributed by atoms with Gasteiger partial charge in [0.25, 0.3) is 0 Å². The molecule has 3 heteroatoms. The molecule has 1 radical (unpaired) electrons. The van der Waals surface area contributed by atoms with Gasteiger partial charge in [-0.3, -0.25) is 4.98 Å². The lowest BCUT2D eigenvalue weighted by molar-refractivity contribution is 1.24. The number of imidazole rings is 1. The van der Waals surface area contributed by atoms with E-state index in [2.05, 4.69) is 21.0 Å². The van der Waals surface area contributed by atoms with Gasteiger partial charge < -0.3 is 4.98 Å². The van der Waals surface area contributed by atoms with E-state index >= 15 is 0 Å². The predicted octanol–water partition coefficient (Wildman–Crippen LogP) is 2.43. The second-order valence-electron chi connectivity index (χ2n) is 3.24. The van der Waals surface area contributed by atoms with Crippen LogP contribution in [0.5, 0.6) is 0 Å². The highest BCUT2D eigenvalue weighted by atomic mass is 14.9. The summed E-state index contributed by atoms with van der Waals surface area (Å²) < 4.78 is 0. The van der Waals surface area contributed by atoms with E-state index in [0.717, 1.165) is 22.6 Å². The molecular formula is C12H8N3. The minimum Gasteiger partial charge on any atom is -0.337 e. The molecule has 0 amide bonds. The lowest BCUT2D eigenvalue weighted by atomic mass is 10.3. The van der Waals surface area contributed by atoms with Gasteiger partial charge in [0, 0.05) is 6.20 Å². The van der Waals surface area contributed by atoms with Gasteiger partial charge in [-0.1, -0.05) is 12.1 Å². The third-order valence-corrected chi connectivity index (χ3v) is 2.24. The van der Waals surface area contributed by atoms with Crippen molar-refractivity contribution in [1.82, 2.24) is 15.0 Å². The molecule has 1 N–H and O–H groups in total. The molecule has 0 saturated carbocycles. The highest BCUT2D eigenvalue weighted by Gasteiger charge is 2.04. The van der Waals surface area contributed by atoms with Crippen LogP contribution in [0.3, 0.4) is 0 Å². The Labute approximate surface area is 86.8 Å². The molecule has 0 unspecified atom stereocenters. The number of aromatic amines is 1. The summed E-state index contributed by atoms with van der Waals surface area (Å²) in [6.07, 6.45) is 1.76. The Bertz CT molecular complexity index is 551. The van der Waals surface area contributed by atoms with Gasteiger partial charge in [-0.05, 0) is 30.3 Å². The molecule has 71 valence electrons. The summed E-state index contributed by atoms with van der Waals surface area (Å²) in [6.45, 7) is 0. The first-order valence-corrected chi connectivity index (χ1v) is 4.71. The summed E-state index contributed by atoms with van der Waals surface area (Å²) in [6, 6.07) is 14.4. The lowest BCUT2D eigenvalue weighted by Crippen LogP contribution is -1.82. The number of pyridine rings is 1. The van der Waals surface area contributed by atoms with Crippen LogP contribution < -0.4 is 0 Å². The topological polar surface area (TPSA) is 41.6 Å². The van der Waals surface area contributed by atoms with E-state index < -0.39 is 0 Å². The average molecular weight is 194 g/mol. The third-order valence-electron chi connectivity index (χ3n) is 2.24. The van der Waals surface area contributed by atoms with E-state index in [1.807, 2.05) is 36.4 Å². The number of aromatic nitrogens is 3. The van der Waals surface area contributed by atoms with E-state index in [-0.39, 0.29) is 0 Å². The van der Waals surface area contributed by atoms with Crippen molar-refractivity contribution < 1.29 is 0 Å². The van der Waals surface area contributed by atoms with E-state index in [9.17, 15) is 0 Å². The van der Waals surface area contributed by atoms with Gasteiger partial charge in [0.15, 0.2) is 5.82 Å². The minimum absolute atomic E-state index is 0.796. The number of fused-ring (bicyclic) bond motifs is 1. The Hall–Kier alpha value is -2.16. The van der Waals surface area contributed by atoms with Gasteiger partial charge in [-0.2, -0.15) is 0 Å². The summed E-state index contributed by atoms with van der Waals surface area (Å²) >= 11 is 0. The van der Waals surface area contributed by atoms with Gasteiger partial charge in [-0.25, -0.2) is 4.98 Å². The molecule has 0 saturated heterocycles. The van der Waals surface area contributed by atoms with Crippen LogP contribution in [0, 0.1) is 6.07 Å². The van der Waals surface area contributed by atoms with Crippen LogP contribution in [0.2, 0.25) is 0 Å². The van der Waals surface area contributed by atoms with Gasteiger partial charge in [0.05, 0.1) is 11.0 Å². The molecule has 2 heterocycles. The molecule has 0 aliphatic rings.